The predicted octanol–water partition coefficient (Wildman–Crippen LogP) is 4.44. The Bertz CT molecular complexity index is 1640. The van der Waals surface area contributed by atoms with Gasteiger partial charge < -0.3 is 13.9 Å². The normalized spacial score (nSPS) is 14.5. The molecule has 1 atom stereocenters. The third-order valence-electron chi connectivity index (χ3n) is 5.93. The van der Waals surface area contributed by atoms with Gasteiger partial charge in [0.15, 0.2) is 10.6 Å². The number of hydrogen-bond donors (Lipinski definition) is 0. The first-order valence-corrected chi connectivity index (χ1v) is 12.0. The van der Waals surface area contributed by atoms with Crippen LogP contribution in [0.3, 0.4) is 0 Å². The van der Waals surface area contributed by atoms with E-state index in [4.69, 9.17) is 13.9 Å². The Kier molecular flexibility index (Phi) is 6.18. The molecule has 0 saturated heterocycles. The minimum atomic E-state index is -0.905. The number of fused-ring (bicyclic) bond motifs is 2. The van der Waals surface area contributed by atoms with E-state index in [9.17, 15) is 19.2 Å². The zero-order valence-corrected chi connectivity index (χ0v) is 20.7. The molecular weight excluding hydrogens is 496 g/mol. The van der Waals surface area contributed by atoms with Crippen LogP contribution in [0, 0.1) is 6.92 Å². The van der Waals surface area contributed by atoms with Crippen molar-refractivity contribution in [1.29, 1.82) is 0 Å². The first kappa shape index (κ1) is 24.1. The first-order chi connectivity index (χ1) is 17.8. The summed E-state index contributed by atoms with van der Waals surface area (Å²) in [6, 6.07) is 12.2. The van der Waals surface area contributed by atoms with E-state index in [0.29, 0.717) is 22.2 Å². The highest BCUT2D eigenvalue weighted by molar-refractivity contribution is 7.17. The van der Waals surface area contributed by atoms with Crippen molar-refractivity contribution in [3.8, 4) is 0 Å². The van der Waals surface area contributed by atoms with Crippen molar-refractivity contribution in [3.05, 3.63) is 104 Å². The molecule has 0 aliphatic carbocycles. The second-order valence-corrected chi connectivity index (χ2v) is 9.14. The molecule has 0 radical (unpaired) electrons. The van der Waals surface area contributed by atoms with E-state index in [2.05, 4.69) is 11.6 Å². The second kappa shape index (κ2) is 9.47. The van der Waals surface area contributed by atoms with Gasteiger partial charge >= 0.3 is 11.9 Å². The molecule has 186 valence electrons. The van der Waals surface area contributed by atoms with E-state index in [1.807, 2.05) is 0 Å². The average Bonchev–Trinajstić information content (AvgIpc) is 3.44. The number of esters is 2. The zero-order valence-electron chi connectivity index (χ0n) is 19.8. The number of aromatic nitrogens is 1. The number of benzene rings is 2. The van der Waals surface area contributed by atoms with Crippen molar-refractivity contribution in [2.45, 2.75) is 13.0 Å². The highest BCUT2D eigenvalue weighted by Gasteiger charge is 2.45. The lowest BCUT2D eigenvalue weighted by atomic mass is 9.98. The highest BCUT2D eigenvalue weighted by Crippen LogP contribution is 2.43. The highest BCUT2D eigenvalue weighted by atomic mass is 32.1. The first-order valence-electron chi connectivity index (χ1n) is 11.2. The van der Waals surface area contributed by atoms with Gasteiger partial charge in [-0.3, -0.25) is 14.5 Å². The van der Waals surface area contributed by atoms with Crippen LogP contribution in [-0.2, 0) is 9.47 Å². The quantitative estimate of drug-likeness (QED) is 0.273. The molecule has 3 heterocycles. The number of aryl methyl sites for hydroxylation is 1. The summed E-state index contributed by atoms with van der Waals surface area (Å²) in [5.74, 6) is -1.78. The number of nitrogens with zero attached hydrogens (tertiary/aromatic N) is 2. The molecule has 4 aromatic rings. The Morgan fingerprint density at radius 3 is 2.57 bits per heavy atom. The third-order valence-corrected chi connectivity index (χ3v) is 7.07. The van der Waals surface area contributed by atoms with E-state index in [0.717, 1.165) is 11.3 Å². The largest absolute Gasteiger partial charge is 0.465 e. The van der Waals surface area contributed by atoms with Crippen molar-refractivity contribution in [2.24, 2.45) is 0 Å². The summed E-state index contributed by atoms with van der Waals surface area (Å²) in [4.78, 5) is 57.9. The van der Waals surface area contributed by atoms with Crippen molar-refractivity contribution < 1.29 is 28.3 Å². The number of methoxy groups -OCH3 is 1. The fourth-order valence-corrected chi connectivity index (χ4v) is 5.21. The van der Waals surface area contributed by atoms with Crippen LogP contribution in [0.25, 0.3) is 11.0 Å². The minimum absolute atomic E-state index is 0.0276. The van der Waals surface area contributed by atoms with E-state index in [1.165, 1.54) is 18.1 Å². The van der Waals surface area contributed by atoms with Crippen LogP contribution >= 0.6 is 11.3 Å². The number of carbonyl (C=O) groups is 3. The van der Waals surface area contributed by atoms with Crippen LogP contribution in [0.2, 0.25) is 0 Å². The van der Waals surface area contributed by atoms with Gasteiger partial charge in [0, 0.05) is 0 Å². The lowest BCUT2D eigenvalue weighted by Gasteiger charge is -2.22. The molecule has 37 heavy (non-hydrogen) atoms. The summed E-state index contributed by atoms with van der Waals surface area (Å²) < 4.78 is 15.8. The number of para-hydroxylation sites is 1. The number of anilines is 1. The molecule has 5 rings (SSSR count). The maximum Gasteiger partial charge on any atom is 0.350 e. The molecule has 9 nitrogen and oxygen atoms in total. The topological polar surface area (TPSA) is 116 Å². The van der Waals surface area contributed by atoms with Gasteiger partial charge in [-0.05, 0) is 36.8 Å². The van der Waals surface area contributed by atoms with E-state index >= 15 is 0 Å². The number of amides is 1. The molecule has 2 aromatic heterocycles. The SMILES string of the molecule is C=CCOC(=O)c1sc(N2C(=O)c3oc4ccccc4c(=O)c3C2c2ccc(C(=O)OC)cc2)nc1C. The van der Waals surface area contributed by atoms with Crippen molar-refractivity contribution in [3.63, 3.8) is 0 Å². The second-order valence-electron chi connectivity index (χ2n) is 8.16. The minimum Gasteiger partial charge on any atom is -0.465 e. The van der Waals surface area contributed by atoms with Crippen molar-refractivity contribution in [1.82, 2.24) is 4.98 Å². The molecule has 10 heteroatoms. The molecule has 2 aromatic carbocycles. The smallest absolute Gasteiger partial charge is 0.350 e. The fraction of sp³-hybridized carbons (Fsp3) is 0.148. The molecule has 0 spiro atoms. The third kappa shape index (κ3) is 4.01. The summed E-state index contributed by atoms with van der Waals surface area (Å²) in [6.45, 7) is 5.20. The molecule has 0 bridgehead atoms. The van der Waals surface area contributed by atoms with Crippen LogP contribution in [0.15, 0.2) is 70.4 Å². The van der Waals surface area contributed by atoms with Gasteiger partial charge in [-0.2, -0.15) is 0 Å². The lowest BCUT2D eigenvalue weighted by molar-refractivity contribution is 0.0552. The maximum absolute atomic E-state index is 13.7. The molecule has 1 amide bonds. The molecule has 0 fully saturated rings. The van der Waals surface area contributed by atoms with Crippen LogP contribution in [0.4, 0.5) is 5.13 Å². The van der Waals surface area contributed by atoms with E-state index in [1.54, 1.807) is 55.5 Å². The molecule has 1 aliphatic heterocycles. The molecular formula is C27H20N2O7S. The fourth-order valence-electron chi connectivity index (χ4n) is 4.23. The van der Waals surface area contributed by atoms with Gasteiger partial charge in [0.1, 0.15) is 17.1 Å². The Morgan fingerprint density at radius 1 is 1.14 bits per heavy atom. The number of ether oxygens (including phenoxy) is 2. The van der Waals surface area contributed by atoms with Crippen LogP contribution in [0.1, 0.15) is 53.4 Å². The van der Waals surface area contributed by atoms with Gasteiger partial charge in [0.05, 0.1) is 35.4 Å². The Morgan fingerprint density at radius 2 is 1.86 bits per heavy atom. The van der Waals surface area contributed by atoms with E-state index in [-0.39, 0.29) is 39.0 Å². The predicted molar refractivity (Wildman–Crippen MR) is 136 cm³/mol. The zero-order chi connectivity index (χ0) is 26.3. The number of carbonyl (C=O) groups excluding carboxylic acids is 3. The number of thiazole rings is 1. The Balaban J connectivity index is 1.69. The number of rotatable bonds is 6. The maximum atomic E-state index is 13.7. The molecule has 0 N–H and O–H groups in total. The number of hydrogen-bond acceptors (Lipinski definition) is 9. The van der Waals surface area contributed by atoms with Gasteiger partial charge in [-0.1, -0.05) is 48.3 Å². The summed E-state index contributed by atoms with van der Waals surface area (Å²) in [5.41, 5.74) is 1.32. The van der Waals surface area contributed by atoms with Crippen LogP contribution < -0.4 is 10.3 Å². The van der Waals surface area contributed by atoms with Crippen LogP contribution in [-0.4, -0.2) is 36.5 Å². The average molecular weight is 517 g/mol. The van der Waals surface area contributed by atoms with Gasteiger partial charge in [-0.15, -0.1) is 0 Å². The van der Waals surface area contributed by atoms with Gasteiger partial charge in [0.25, 0.3) is 5.91 Å². The lowest BCUT2D eigenvalue weighted by Crippen LogP contribution is -2.29. The molecule has 0 saturated carbocycles. The van der Waals surface area contributed by atoms with E-state index < -0.39 is 23.9 Å². The summed E-state index contributed by atoms with van der Waals surface area (Å²) >= 11 is 0.977. The molecule has 1 aliphatic rings. The monoisotopic (exact) mass is 516 g/mol. The Labute approximate surface area is 214 Å². The summed E-state index contributed by atoms with van der Waals surface area (Å²) in [6.07, 6.45) is 1.45. The van der Waals surface area contributed by atoms with Crippen molar-refractivity contribution in [2.75, 3.05) is 18.6 Å². The van der Waals surface area contributed by atoms with Gasteiger partial charge in [0.2, 0.25) is 5.76 Å². The van der Waals surface area contributed by atoms with Crippen LogP contribution in [0.5, 0.6) is 0 Å². The standard InChI is InChI=1S/C27H20N2O7S/c1-4-13-35-26(33)23-14(2)28-27(37-23)29-20(15-9-11-16(12-10-15)25(32)34-3)19-21(30)17-7-5-6-8-18(17)36-22(19)24(29)31/h4-12,20H,1,13H2,2-3H3. The van der Waals surface area contributed by atoms with Gasteiger partial charge in [-0.25, -0.2) is 14.6 Å². The molecule has 1 unspecified atom stereocenters. The Hall–Kier alpha value is -4.57. The summed E-state index contributed by atoms with van der Waals surface area (Å²) in [7, 11) is 1.28. The summed E-state index contributed by atoms with van der Waals surface area (Å²) in [5, 5.41) is 0.529. The van der Waals surface area contributed by atoms with Crippen molar-refractivity contribution >= 4 is 45.3 Å².